The Balaban J connectivity index is 2.16. The Kier molecular flexibility index (Phi) is 5.32. The molecule has 0 amide bonds. The minimum Gasteiger partial charge on any atom is -0.310 e. The molecule has 0 aliphatic heterocycles. The van der Waals surface area contributed by atoms with Crippen LogP contribution in [0.3, 0.4) is 0 Å². The summed E-state index contributed by atoms with van der Waals surface area (Å²) in [6.07, 6.45) is 7.64. The van der Waals surface area contributed by atoms with Crippen molar-refractivity contribution >= 4 is 0 Å². The van der Waals surface area contributed by atoms with Crippen LogP contribution in [-0.2, 0) is 6.42 Å². The van der Waals surface area contributed by atoms with Crippen LogP contribution in [0.15, 0.2) is 6.07 Å². The maximum atomic E-state index is 4.39. The minimum atomic E-state index is 0.467. The molecule has 1 aliphatic carbocycles. The van der Waals surface area contributed by atoms with Gasteiger partial charge in [-0.15, -0.1) is 0 Å². The summed E-state index contributed by atoms with van der Waals surface area (Å²) in [5.74, 6) is 0.910. The average molecular weight is 261 g/mol. The molecule has 0 radical (unpaired) electrons. The van der Waals surface area contributed by atoms with Gasteiger partial charge in [-0.05, 0) is 50.3 Å². The Hall–Kier alpha value is -0.960. The second-order valence-corrected chi connectivity index (χ2v) is 5.78. The van der Waals surface area contributed by atoms with Gasteiger partial charge in [0.25, 0.3) is 0 Å². The van der Waals surface area contributed by atoms with E-state index >= 15 is 0 Å². The first-order valence-electron chi connectivity index (χ1n) is 7.81. The van der Waals surface area contributed by atoms with E-state index < -0.39 is 0 Å². The zero-order valence-corrected chi connectivity index (χ0v) is 12.6. The third kappa shape index (κ3) is 3.75. The Labute approximate surface area is 117 Å². The minimum absolute atomic E-state index is 0.467. The molecule has 1 fully saturated rings. The zero-order valence-electron chi connectivity index (χ0n) is 12.6. The molecule has 0 aromatic carbocycles. The predicted octanol–water partition coefficient (Wildman–Crippen LogP) is 3.58. The van der Waals surface area contributed by atoms with E-state index in [4.69, 9.17) is 0 Å². The summed E-state index contributed by atoms with van der Waals surface area (Å²) in [5.41, 5.74) is 3.58. The van der Waals surface area contributed by atoms with Crippen molar-refractivity contribution in [2.45, 2.75) is 65.3 Å². The van der Waals surface area contributed by atoms with Crippen molar-refractivity contribution in [3.05, 3.63) is 23.0 Å². The van der Waals surface area contributed by atoms with Gasteiger partial charge in [0, 0.05) is 6.04 Å². The van der Waals surface area contributed by atoms with Gasteiger partial charge in [0.05, 0.1) is 11.4 Å². The highest BCUT2D eigenvalue weighted by atomic mass is 15.1. The molecule has 19 heavy (non-hydrogen) atoms. The van der Waals surface area contributed by atoms with Crippen LogP contribution in [0.1, 0.15) is 68.9 Å². The lowest BCUT2D eigenvalue weighted by molar-refractivity contribution is 0.260. The van der Waals surface area contributed by atoms with Crippen molar-refractivity contribution in [1.29, 1.82) is 0 Å². The van der Waals surface area contributed by atoms with Gasteiger partial charge in [-0.3, -0.25) is 0 Å². The van der Waals surface area contributed by atoms with Crippen molar-refractivity contribution in [3.8, 4) is 0 Å². The van der Waals surface area contributed by atoms with Gasteiger partial charge in [0.2, 0.25) is 0 Å². The zero-order chi connectivity index (χ0) is 13.7. The Morgan fingerprint density at radius 2 is 2.11 bits per heavy atom. The van der Waals surface area contributed by atoms with Crippen molar-refractivity contribution in [2.75, 3.05) is 6.54 Å². The summed E-state index contributed by atoms with van der Waals surface area (Å²) in [4.78, 5) is 0. The van der Waals surface area contributed by atoms with Crippen LogP contribution in [-0.4, -0.2) is 16.7 Å². The highest BCUT2D eigenvalue weighted by Gasteiger charge is 2.24. The Morgan fingerprint density at radius 1 is 1.32 bits per heavy atom. The van der Waals surface area contributed by atoms with Crippen LogP contribution >= 0.6 is 0 Å². The second kappa shape index (κ2) is 6.99. The summed E-state index contributed by atoms with van der Waals surface area (Å²) < 4.78 is 0. The first kappa shape index (κ1) is 14.4. The molecule has 1 N–H and O–H groups in total. The molecule has 0 bridgehead atoms. The fourth-order valence-electron chi connectivity index (χ4n) is 2.81. The molecule has 2 rings (SSSR count). The lowest BCUT2D eigenvalue weighted by atomic mass is 9.79. The van der Waals surface area contributed by atoms with E-state index in [1.807, 2.05) is 6.92 Å². The maximum absolute atomic E-state index is 4.39. The van der Waals surface area contributed by atoms with Crippen LogP contribution < -0.4 is 5.32 Å². The molecule has 0 saturated heterocycles. The van der Waals surface area contributed by atoms with E-state index in [0.29, 0.717) is 6.04 Å². The van der Waals surface area contributed by atoms with Crippen LogP contribution in [0.5, 0.6) is 0 Å². The van der Waals surface area contributed by atoms with Gasteiger partial charge in [-0.2, -0.15) is 10.2 Å². The van der Waals surface area contributed by atoms with E-state index in [1.165, 1.54) is 43.4 Å². The molecule has 3 nitrogen and oxygen atoms in total. The fraction of sp³-hybridized carbons (Fsp3) is 0.750. The quantitative estimate of drug-likeness (QED) is 0.815. The number of aryl methyl sites for hydroxylation is 2. The second-order valence-electron chi connectivity index (χ2n) is 5.78. The molecule has 1 aromatic rings. The smallest absolute Gasteiger partial charge is 0.0676 e. The van der Waals surface area contributed by atoms with Gasteiger partial charge in [-0.25, -0.2) is 0 Å². The average Bonchev–Trinajstić information content (AvgIpc) is 2.37. The number of rotatable bonds is 7. The number of hydrogen-bond acceptors (Lipinski definition) is 3. The summed E-state index contributed by atoms with van der Waals surface area (Å²) >= 11 is 0. The molecule has 1 aromatic heterocycles. The van der Waals surface area contributed by atoms with Gasteiger partial charge < -0.3 is 5.32 Å². The molecular weight excluding hydrogens is 234 g/mol. The molecule has 3 heteroatoms. The lowest BCUT2D eigenvalue weighted by Crippen LogP contribution is -2.28. The molecule has 1 atom stereocenters. The Bertz CT molecular complexity index is 399. The van der Waals surface area contributed by atoms with Gasteiger partial charge in [0.1, 0.15) is 0 Å². The first-order chi connectivity index (χ1) is 9.24. The Morgan fingerprint density at radius 3 is 2.68 bits per heavy atom. The number of hydrogen-bond donors (Lipinski definition) is 1. The first-order valence-corrected chi connectivity index (χ1v) is 7.81. The molecule has 1 unspecified atom stereocenters. The molecular formula is C16H27N3. The normalized spacial score (nSPS) is 17.2. The standard InChI is InChI=1S/C16H27N3/c1-4-9-17-16(11-13-7-6-8-13)14-10-12(3)18-19-15(14)5-2/h10,13,16-17H,4-9,11H2,1-3H3. The SMILES string of the molecule is CCCNC(CC1CCC1)c1cc(C)nnc1CC. The summed E-state index contributed by atoms with van der Waals surface area (Å²) in [6.45, 7) is 7.52. The van der Waals surface area contributed by atoms with Crippen molar-refractivity contribution in [3.63, 3.8) is 0 Å². The van der Waals surface area contributed by atoms with E-state index in [9.17, 15) is 0 Å². The molecule has 106 valence electrons. The summed E-state index contributed by atoms with van der Waals surface area (Å²) in [5, 5.41) is 12.3. The van der Waals surface area contributed by atoms with Gasteiger partial charge in [-0.1, -0.05) is 33.1 Å². The van der Waals surface area contributed by atoms with E-state index in [1.54, 1.807) is 0 Å². The van der Waals surface area contributed by atoms with Crippen LogP contribution in [0, 0.1) is 12.8 Å². The highest BCUT2D eigenvalue weighted by Crippen LogP contribution is 2.35. The van der Waals surface area contributed by atoms with Gasteiger partial charge in [0.15, 0.2) is 0 Å². The number of nitrogens with one attached hydrogen (secondary N) is 1. The van der Waals surface area contributed by atoms with E-state index in [0.717, 1.165) is 24.6 Å². The monoisotopic (exact) mass is 261 g/mol. The van der Waals surface area contributed by atoms with Gasteiger partial charge >= 0.3 is 0 Å². The largest absolute Gasteiger partial charge is 0.310 e. The van der Waals surface area contributed by atoms with Crippen molar-refractivity contribution < 1.29 is 0 Å². The van der Waals surface area contributed by atoms with Crippen molar-refractivity contribution in [1.82, 2.24) is 15.5 Å². The maximum Gasteiger partial charge on any atom is 0.0676 e. The molecule has 1 saturated carbocycles. The third-order valence-corrected chi connectivity index (χ3v) is 4.17. The van der Waals surface area contributed by atoms with Crippen LogP contribution in [0.4, 0.5) is 0 Å². The number of aromatic nitrogens is 2. The lowest BCUT2D eigenvalue weighted by Gasteiger charge is -2.31. The topological polar surface area (TPSA) is 37.8 Å². The summed E-state index contributed by atoms with van der Waals surface area (Å²) in [6, 6.07) is 2.70. The fourth-order valence-corrected chi connectivity index (χ4v) is 2.81. The van der Waals surface area contributed by atoms with Crippen molar-refractivity contribution in [2.24, 2.45) is 5.92 Å². The van der Waals surface area contributed by atoms with Crippen LogP contribution in [0.2, 0.25) is 0 Å². The van der Waals surface area contributed by atoms with E-state index in [-0.39, 0.29) is 0 Å². The summed E-state index contributed by atoms with van der Waals surface area (Å²) in [7, 11) is 0. The highest BCUT2D eigenvalue weighted by molar-refractivity contribution is 5.25. The number of nitrogens with zero attached hydrogens (tertiary/aromatic N) is 2. The van der Waals surface area contributed by atoms with E-state index in [2.05, 4.69) is 35.4 Å². The van der Waals surface area contributed by atoms with Crippen LogP contribution in [0.25, 0.3) is 0 Å². The molecule has 1 aliphatic rings. The molecule has 0 spiro atoms. The predicted molar refractivity (Wildman–Crippen MR) is 79.1 cm³/mol. The third-order valence-electron chi connectivity index (χ3n) is 4.17. The molecule has 1 heterocycles.